The summed E-state index contributed by atoms with van der Waals surface area (Å²) in [6, 6.07) is 2.36. The standard InChI is InChI=1S/C24H31NO5/c1-22-10-7-16(26)13-15(22)3-4-17-18(22)8-11-23(2)19(17)9-12-24(23,14-25)30-21(29)6-5-20(27)28/h13,17-19H,3-12H2,1-2H3,(H,27,28)/t17-,18+,19+,22+,23-,24+/m0/s1. The first-order chi connectivity index (χ1) is 14.1. The Morgan fingerprint density at radius 1 is 1.13 bits per heavy atom. The molecular weight excluding hydrogens is 382 g/mol. The zero-order valence-corrected chi connectivity index (χ0v) is 17.9. The number of carboxylic acid groups (broad SMARTS) is 1. The quantitative estimate of drug-likeness (QED) is 0.693. The second kappa shape index (κ2) is 7.21. The monoisotopic (exact) mass is 413 g/mol. The highest BCUT2D eigenvalue weighted by Crippen LogP contribution is 2.68. The second-order valence-electron chi connectivity index (χ2n) is 10.3. The van der Waals surface area contributed by atoms with E-state index >= 15 is 0 Å². The molecule has 0 aromatic carbocycles. The Balaban J connectivity index is 1.58. The third kappa shape index (κ3) is 3.01. The molecule has 1 N–H and O–H groups in total. The van der Waals surface area contributed by atoms with Gasteiger partial charge >= 0.3 is 11.9 Å². The number of ether oxygens (including phenoxy) is 1. The highest BCUT2D eigenvalue weighted by atomic mass is 16.6. The van der Waals surface area contributed by atoms with E-state index < -0.39 is 23.0 Å². The highest BCUT2D eigenvalue weighted by Gasteiger charge is 2.66. The average molecular weight is 414 g/mol. The van der Waals surface area contributed by atoms with E-state index in [2.05, 4.69) is 19.9 Å². The topological polar surface area (TPSA) is 104 Å². The molecule has 0 aliphatic heterocycles. The largest absolute Gasteiger partial charge is 0.481 e. The van der Waals surface area contributed by atoms with E-state index in [1.54, 1.807) is 0 Å². The molecule has 4 aliphatic carbocycles. The molecule has 0 saturated heterocycles. The summed E-state index contributed by atoms with van der Waals surface area (Å²) in [6.45, 7) is 4.43. The Kier molecular flexibility index (Phi) is 5.07. The summed E-state index contributed by atoms with van der Waals surface area (Å²) in [5.74, 6) is -0.111. The van der Waals surface area contributed by atoms with E-state index in [0.717, 1.165) is 38.5 Å². The predicted molar refractivity (Wildman–Crippen MR) is 108 cm³/mol. The van der Waals surface area contributed by atoms with Gasteiger partial charge in [0.1, 0.15) is 6.07 Å². The van der Waals surface area contributed by atoms with Crippen LogP contribution in [0.15, 0.2) is 11.6 Å². The number of allylic oxidation sites excluding steroid dienone is 1. The van der Waals surface area contributed by atoms with Crippen molar-refractivity contribution in [1.82, 2.24) is 0 Å². The third-order valence-electron chi connectivity index (χ3n) is 9.09. The first-order valence-electron chi connectivity index (χ1n) is 11.2. The number of nitriles is 1. The van der Waals surface area contributed by atoms with Crippen LogP contribution >= 0.6 is 0 Å². The molecule has 0 spiro atoms. The maximum absolute atomic E-state index is 12.4. The molecule has 0 heterocycles. The Morgan fingerprint density at radius 2 is 1.87 bits per heavy atom. The van der Waals surface area contributed by atoms with E-state index in [0.29, 0.717) is 30.6 Å². The Bertz CT molecular complexity index is 856. The first-order valence-corrected chi connectivity index (χ1v) is 11.2. The molecular formula is C24H31NO5. The van der Waals surface area contributed by atoms with Gasteiger partial charge < -0.3 is 9.84 Å². The summed E-state index contributed by atoms with van der Waals surface area (Å²) in [4.78, 5) is 35.1. The number of hydrogen-bond donors (Lipinski definition) is 1. The smallest absolute Gasteiger partial charge is 0.307 e. The van der Waals surface area contributed by atoms with E-state index in [-0.39, 0.29) is 24.0 Å². The molecule has 0 aromatic rings. The first kappa shape index (κ1) is 21.1. The van der Waals surface area contributed by atoms with Crippen LogP contribution in [-0.4, -0.2) is 28.4 Å². The van der Waals surface area contributed by atoms with Crippen molar-refractivity contribution in [3.05, 3.63) is 11.6 Å². The van der Waals surface area contributed by atoms with Crippen LogP contribution in [0, 0.1) is 39.9 Å². The van der Waals surface area contributed by atoms with Crippen LogP contribution in [0.2, 0.25) is 0 Å². The molecule has 3 fully saturated rings. The van der Waals surface area contributed by atoms with Crippen LogP contribution in [0.3, 0.4) is 0 Å². The maximum Gasteiger partial charge on any atom is 0.307 e. The molecule has 4 rings (SSSR count). The number of esters is 1. The lowest BCUT2D eigenvalue weighted by molar-refractivity contribution is -0.173. The number of aliphatic carboxylic acids is 1. The number of carbonyl (C=O) groups excluding carboxylic acids is 2. The lowest BCUT2D eigenvalue weighted by atomic mass is 9.46. The minimum Gasteiger partial charge on any atom is -0.481 e. The van der Waals surface area contributed by atoms with Crippen molar-refractivity contribution in [3.8, 4) is 6.07 Å². The number of fused-ring (bicyclic) bond motifs is 5. The van der Waals surface area contributed by atoms with Crippen molar-refractivity contribution < 1.29 is 24.2 Å². The molecule has 162 valence electrons. The van der Waals surface area contributed by atoms with Crippen LogP contribution < -0.4 is 0 Å². The fourth-order valence-electron chi connectivity index (χ4n) is 7.39. The van der Waals surface area contributed by atoms with E-state index in [1.807, 2.05) is 6.08 Å². The zero-order valence-electron chi connectivity index (χ0n) is 17.9. The van der Waals surface area contributed by atoms with Gasteiger partial charge in [-0.2, -0.15) is 5.26 Å². The van der Waals surface area contributed by atoms with E-state index in [9.17, 15) is 19.6 Å². The lowest BCUT2D eigenvalue weighted by Gasteiger charge is -2.58. The van der Waals surface area contributed by atoms with E-state index in [4.69, 9.17) is 9.84 Å². The molecule has 4 aliphatic rings. The molecule has 30 heavy (non-hydrogen) atoms. The van der Waals surface area contributed by atoms with Gasteiger partial charge in [-0.3, -0.25) is 14.4 Å². The normalized spacial score (nSPS) is 42.2. The summed E-state index contributed by atoms with van der Waals surface area (Å²) in [5.41, 5.74) is -0.205. The van der Waals surface area contributed by atoms with Crippen LogP contribution in [0.25, 0.3) is 0 Å². The number of carbonyl (C=O) groups is 3. The Labute approximate surface area is 177 Å². The van der Waals surface area contributed by atoms with Gasteiger partial charge in [0.25, 0.3) is 0 Å². The molecule has 0 radical (unpaired) electrons. The second-order valence-corrected chi connectivity index (χ2v) is 10.3. The number of ketones is 1. The minimum absolute atomic E-state index is 0.0637. The molecule has 0 unspecified atom stereocenters. The number of nitrogens with zero attached hydrogens (tertiary/aromatic N) is 1. The summed E-state index contributed by atoms with van der Waals surface area (Å²) in [6.07, 6.45) is 8.06. The molecule has 6 nitrogen and oxygen atoms in total. The summed E-state index contributed by atoms with van der Waals surface area (Å²) >= 11 is 0. The van der Waals surface area contributed by atoms with Crippen LogP contribution in [-0.2, 0) is 19.1 Å². The molecule has 6 atom stereocenters. The van der Waals surface area contributed by atoms with E-state index in [1.165, 1.54) is 5.57 Å². The fourth-order valence-corrected chi connectivity index (χ4v) is 7.39. The van der Waals surface area contributed by atoms with Crippen molar-refractivity contribution in [2.45, 2.75) is 83.7 Å². The number of rotatable bonds is 4. The average Bonchev–Trinajstić information content (AvgIpc) is 2.99. The summed E-state index contributed by atoms with van der Waals surface area (Å²) in [7, 11) is 0. The third-order valence-corrected chi connectivity index (χ3v) is 9.09. The van der Waals surface area contributed by atoms with Crippen LogP contribution in [0.1, 0.15) is 78.1 Å². The molecule has 0 bridgehead atoms. The maximum atomic E-state index is 12.4. The lowest BCUT2D eigenvalue weighted by Crippen LogP contribution is -2.55. The van der Waals surface area contributed by atoms with Crippen molar-refractivity contribution in [2.75, 3.05) is 0 Å². The van der Waals surface area contributed by atoms with Gasteiger partial charge in [0.15, 0.2) is 5.78 Å². The number of hydrogen-bond acceptors (Lipinski definition) is 5. The van der Waals surface area contributed by atoms with Gasteiger partial charge in [-0.05, 0) is 67.8 Å². The summed E-state index contributed by atoms with van der Waals surface area (Å²) in [5, 5.41) is 19.0. The molecule has 0 aromatic heterocycles. The van der Waals surface area contributed by atoms with Gasteiger partial charge in [-0.25, -0.2) is 0 Å². The van der Waals surface area contributed by atoms with Crippen LogP contribution in [0.4, 0.5) is 0 Å². The van der Waals surface area contributed by atoms with Crippen molar-refractivity contribution in [1.29, 1.82) is 5.26 Å². The molecule has 6 heteroatoms. The molecule has 3 saturated carbocycles. The van der Waals surface area contributed by atoms with Crippen molar-refractivity contribution in [3.63, 3.8) is 0 Å². The zero-order chi connectivity index (χ0) is 21.7. The van der Waals surface area contributed by atoms with Gasteiger partial charge in [0, 0.05) is 18.3 Å². The minimum atomic E-state index is -1.17. The molecule has 0 amide bonds. The number of carboxylic acids is 1. The van der Waals surface area contributed by atoms with Gasteiger partial charge in [-0.15, -0.1) is 0 Å². The van der Waals surface area contributed by atoms with Crippen molar-refractivity contribution in [2.24, 2.45) is 28.6 Å². The van der Waals surface area contributed by atoms with Gasteiger partial charge in [0.2, 0.25) is 5.60 Å². The summed E-state index contributed by atoms with van der Waals surface area (Å²) < 4.78 is 5.78. The van der Waals surface area contributed by atoms with Crippen LogP contribution in [0.5, 0.6) is 0 Å². The Morgan fingerprint density at radius 3 is 2.57 bits per heavy atom. The van der Waals surface area contributed by atoms with Crippen molar-refractivity contribution >= 4 is 17.7 Å². The SMILES string of the molecule is C[C@]12CC[C@@H]3[C@H](CCC4=CC(=O)CC[C@]43C)[C@H]1CC[C@]2(C#N)OC(=O)CCC(=O)O. The highest BCUT2D eigenvalue weighted by molar-refractivity contribution is 5.91. The predicted octanol–water partition coefficient (Wildman–Crippen LogP) is 4.19. The fraction of sp³-hybridized carbons (Fsp3) is 0.750. The van der Waals surface area contributed by atoms with Gasteiger partial charge in [0.05, 0.1) is 12.8 Å². The van der Waals surface area contributed by atoms with Gasteiger partial charge in [-0.1, -0.05) is 19.4 Å². The Hall–Kier alpha value is -2.16.